The maximum Gasteiger partial charge on any atom is 0.158 e. The molecule has 0 atom stereocenters. The molecular weight excluding hydrogens is 446 g/mol. The van der Waals surface area contributed by atoms with Crippen LogP contribution in [0, 0.1) is 13.8 Å². The first-order valence-corrected chi connectivity index (χ1v) is 11.8. The molecule has 5 N–H and O–H groups in total. The molecule has 34 heavy (non-hydrogen) atoms. The van der Waals surface area contributed by atoms with Crippen LogP contribution in [0.25, 0.3) is 27.0 Å². The summed E-state index contributed by atoms with van der Waals surface area (Å²) in [6.45, 7) is 4.62. The Labute approximate surface area is 201 Å². The second-order valence-electron chi connectivity index (χ2n) is 7.86. The van der Waals surface area contributed by atoms with E-state index in [2.05, 4.69) is 33.0 Å². The number of ether oxygens (including phenoxy) is 1. The predicted octanol–water partition coefficient (Wildman–Crippen LogP) is 4.65. The van der Waals surface area contributed by atoms with E-state index in [1.54, 1.807) is 11.3 Å². The van der Waals surface area contributed by atoms with Gasteiger partial charge in [-0.05, 0) is 38.1 Å². The molecule has 0 aliphatic rings. The average molecular weight is 472 g/mol. The zero-order valence-corrected chi connectivity index (χ0v) is 19.8. The van der Waals surface area contributed by atoms with Crippen molar-refractivity contribution < 1.29 is 4.74 Å². The lowest BCUT2D eigenvalue weighted by Crippen LogP contribution is -2.07. The molecule has 0 unspecified atom stereocenters. The molecule has 0 amide bonds. The first-order valence-electron chi connectivity index (χ1n) is 10.9. The van der Waals surface area contributed by atoms with Crippen molar-refractivity contribution in [3.05, 3.63) is 77.1 Å². The number of nitrogens with one attached hydrogen (secondary N) is 1. The van der Waals surface area contributed by atoms with Gasteiger partial charge in [-0.1, -0.05) is 30.3 Å². The Morgan fingerprint density at radius 1 is 1.00 bits per heavy atom. The monoisotopic (exact) mass is 471 g/mol. The number of hydrogen-bond acceptors (Lipinski definition) is 8. The molecule has 172 valence electrons. The number of anilines is 2. The van der Waals surface area contributed by atoms with Crippen LogP contribution in [0.15, 0.2) is 60.0 Å². The number of nitrogens with two attached hydrogens (primary N) is 2. The average Bonchev–Trinajstić information content (AvgIpc) is 3.43. The van der Waals surface area contributed by atoms with Gasteiger partial charge < -0.3 is 15.8 Å². The summed E-state index contributed by atoms with van der Waals surface area (Å²) in [7, 11) is 0. The van der Waals surface area contributed by atoms with E-state index in [1.165, 1.54) is 0 Å². The molecule has 0 aliphatic heterocycles. The molecule has 0 radical (unpaired) electrons. The Morgan fingerprint density at radius 2 is 1.76 bits per heavy atom. The Balaban J connectivity index is 1.47. The summed E-state index contributed by atoms with van der Waals surface area (Å²) in [6.07, 6.45) is 0. The number of fused-ring (bicyclic) bond motifs is 1. The second kappa shape index (κ2) is 9.12. The Morgan fingerprint density at radius 3 is 2.50 bits per heavy atom. The molecule has 9 heteroatoms. The first kappa shape index (κ1) is 21.9. The number of rotatable bonds is 7. The summed E-state index contributed by atoms with van der Waals surface area (Å²) in [5, 5.41) is 17.1. The molecule has 2 aromatic carbocycles. The topological polar surface area (TPSA) is 117 Å². The van der Waals surface area contributed by atoms with Gasteiger partial charge in [-0.25, -0.2) is 4.98 Å². The third-order valence-electron chi connectivity index (χ3n) is 5.70. The lowest BCUT2D eigenvalue weighted by molar-refractivity contribution is 0.329. The third-order valence-corrected chi connectivity index (χ3v) is 6.64. The summed E-state index contributed by atoms with van der Waals surface area (Å²) >= 11 is 1.63. The van der Waals surface area contributed by atoms with Gasteiger partial charge in [0.15, 0.2) is 5.82 Å². The van der Waals surface area contributed by atoms with Crippen LogP contribution in [-0.2, 0) is 6.54 Å². The molecule has 5 aromatic rings. The quantitative estimate of drug-likeness (QED) is 0.296. The van der Waals surface area contributed by atoms with Crippen LogP contribution in [0.4, 0.5) is 11.6 Å². The fraction of sp³-hybridized carbons (Fsp3) is 0.160. The molecule has 0 bridgehead atoms. The minimum Gasteiger partial charge on any atom is -0.479 e. The van der Waals surface area contributed by atoms with Crippen LogP contribution in [0.1, 0.15) is 17.1 Å². The standard InChI is InChI=1S/C25H25N7OS/c1-15-21-22(16(2)32(23(21)27)19-8-10-20(11-9-19)33-14-26)24(31-30-15)28-12-18-13-34-25(29-18)17-6-4-3-5-7-17/h3-11,13H,12,14,26-27H2,1-2H3,(H,28,31). The van der Waals surface area contributed by atoms with Gasteiger partial charge in [-0.15, -0.1) is 16.4 Å². The van der Waals surface area contributed by atoms with E-state index >= 15 is 0 Å². The van der Waals surface area contributed by atoms with Crippen LogP contribution >= 0.6 is 11.3 Å². The van der Waals surface area contributed by atoms with E-state index in [-0.39, 0.29) is 6.73 Å². The van der Waals surface area contributed by atoms with Gasteiger partial charge in [0.1, 0.15) is 23.3 Å². The van der Waals surface area contributed by atoms with Gasteiger partial charge in [0.25, 0.3) is 0 Å². The van der Waals surface area contributed by atoms with Gasteiger partial charge in [0, 0.05) is 22.3 Å². The highest BCUT2D eigenvalue weighted by Gasteiger charge is 2.20. The maximum atomic E-state index is 6.62. The van der Waals surface area contributed by atoms with Crippen LogP contribution in [0.5, 0.6) is 5.75 Å². The highest BCUT2D eigenvalue weighted by molar-refractivity contribution is 7.13. The second-order valence-corrected chi connectivity index (χ2v) is 8.72. The molecule has 0 saturated heterocycles. The minimum atomic E-state index is 0.130. The Bertz CT molecular complexity index is 1440. The number of aryl methyl sites for hydroxylation is 2. The summed E-state index contributed by atoms with van der Waals surface area (Å²) < 4.78 is 7.37. The summed E-state index contributed by atoms with van der Waals surface area (Å²) in [6, 6.07) is 17.8. The van der Waals surface area contributed by atoms with E-state index in [0.717, 1.165) is 44.1 Å². The van der Waals surface area contributed by atoms with Crippen LogP contribution in [0.2, 0.25) is 0 Å². The van der Waals surface area contributed by atoms with Crippen molar-refractivity contribution in [3.63, 3.8) is 0 Å². The van der Waals surface area contributed by atoms with E-state index < -0.39 is 0 Å². The third kappa shape index (κ3) is 3.95. The molecule has 3 heterocycles. The minimum absolute atomic E-state index is 0.130. The van der Waals surface area contributed by atoms with Crippen molar-refractivity contribution in [1.82, 2.24) is 19.7 Å². The molecule has 0 aliphatic carbocycles. The van der Waals surface area contributed by atoms with Crippen molar-refractivity contribution in [2.75, 3.05) is 17.8 Å². The number of thiazole rings is 1. The van der Waals surface area contributed by atoms with Crippen molar-refractivity contribution in [2.24, 2.45) is 5.73 Å². The van der Waals surface area contributed by atoms with Gasteiger partial charge >= 0.3 is 0 Å². The molecule has 8 nitrogen and oxygen atoms in total. The first-order chi connectivity index (χ1) is 16.6. The highest BCUT2D eigenvalue weighted by Crippen LogP contribution is 2.36. The zero-order valence-electron chi connectivity index (χ0n) is 18.9. The van der Waals surface area contributed by atoms with Crippen LogP contribution in [-0.4, -0.2) is 26.5 Å². The lowest BCUT2D eigenvalue weighted by atomic mass is 10.2. The Kier molecular flexibility index (Phi) is 5.87. The largest absolute Gasteiger partial charge is 0.479 e. The smallest absolute Gasteiger partial charge is 0.158 e. The Hall–Kier alpha value is -3.95. The lowest BCUT2D eigenvalue weighted by Gasteiger charge is -2.10. The summed E-state index contributed by atoms with van der Waals surface area (Å²) in [4.78, 5) is 4.77. The van der Waals surface area contributed by atoms with E-state index in [0.29, 0.717) is 23.9 Å². The predicted molar refractivity (Wildman–Crippen MR) is 137 cm³/mol. The van der Waals surface area contributed by atoms with Crippen LogP contribution in [0.3, 0.4) is 0 Å². The molecule has 5 rings (SSSR count). The van der Waals surface area contributed by atoms with Gasteiger partial charge in [-0.3, -0.25) is 10.3 Å². The number of hydrogen-bond donors (Lipinski definition) is 3. The molecule has 0 spiro atoms. The number of benzene rings is 2. The summed E-state index contributed by atoms with van der Waals surface area (Å²) in [5.41, 5.74) is 16.8. The normalized spacial score (nSPS) is 11.1. The zero-order chi connectivity index (χ0) is 23.7. The van der Waals surface area contributed by atoms with Crippen molar-refractivity contribution in [3.8, 4) is 22.0 Å². The molecule has 0 saturated carbocycles. The van der Waals surface area contributed by atoms with Gasteiger partial charge in [0.05, 0.1) is 28.7 Å². The molecule has 0 fully saturated rings. The number of aromatic nitrogens is 4. The number of nitrogen functional groups attached to an aromatic ring is 1. The van der Waals surface area contributed by atoms with Gasteiger partial charge in [-0.2, -0.15) is 5.10 Å². The van der Waals surface area contributed by atoms with Crippen molar-refractivity contribution in [1.29, 1.82) is 0 Å². The van der Waals surface area contributed by atoms with Gasteiger partial charge in [0.2, 0.25) is 0 Å². The number of nitrogens with zero attached hydrogens (tertiary/aromatic N) is 4. The van der Waals surface area contributed by atoms with E-state index in [4.69, 9.17) is 21.2 Å². The summed E-state index contributed by atoms with van der Waals surface area (Å²) in [5.74, 6) is 2.01. The fourth-order valence-corrected chi connectivity index (χ4v) is 4.94. The van der Waals surface area contributed by atoms with E-state index in [1.807, 2.05) is 60.9 Å². The van der Waals surface area contributed by atoms with Crippen LogP contribution < -0.4 is 21.5 Å². The highest BCUT2D eigenvalue weighted by atomic mass is 32.1. The fourth-order valence-electron chi connectivity index (χ4n) is 4.11. The van der Waals surface area contributed by atoms with Crippen molar-refractivity contribution in [2.45, 2.75) is 20.4 Å². The van der Waals surface area contributed by atoms with Crippen molar-refractivity contribution >= 4 is 33.7 Å². The maximum absolute atomic E-state index is 6.62. The molecule has 3 aromatic heterocycles. The molecular formula is C25H25N7OS. The van der Waals surface area contributed by atoms with E-state index in [9.17, 15) is 0 Å². The SMILES string of the molecule is Cc1nnc(NCc2csc(-c3ccccc3)n2)c2c(C)n(-c3ccc(OCN)cc3)c(N)c12.